The van der Waals surface area contributed by atoms with E-state index in [2.05, 4.69) is 25.7 Å². The Morgan fingerprint density at radius 1 is 1.38 bits per heavy atom. The molecule has 10 nitrogen and oxygen atoms in total. The van der Waals surface area contributed by atoms with Gasteiger partial charge in [-0.15, -0.1) is 0 Å². The number of hydrogen-bond acceptors (Lipinski definition) is 7. The third-order valence-corrected chi connectivity index (χ3v) is 4.03. The third-order valence-electron chi connectivity index (χ3n) is 3.84. The minimum Gasteiger partial charge on any atom is -0.481 e. The van der Waals surface area contributed by atoms with Crippen LogP contribution in [0.3, 0.4) is 0 Å². The van der Waals surface area contributed by atoms with Crippen LogP contribution in [0.1, 0.15) is 36.5 Å². The van der Waals surface area contributed by atoms with Gasteiger partial charge in [-0.3, -0.25) is 9.59 Å². The molecule has 3 heterocycles. The van der Waals surface area contributed by atoms with Gasteiger partial charge in [0.1, 0.15) is 17.6 Å². The van der Waals surface area contributed by atoms with Gasteiger partial charge in [-0.25, -0.2) is 9.97 Å². The molecule has 1 amide bonds. The van der Waals surface area contributed by atoms with E-state index in [1.807, 2.05) is 6.07 Å². The fraction of sp³-hybridized carbons (Fsp3) is 0.222. The van der Waals surface area contributed by atoms with Crippen molar-refractivity contribution in [1.29, 1.82) is 5.26 Å². The average Bonchev–Trinajstić information content (AvgIpc) is 3.03. The highest BCUT2D eigenvalue weighted by Crippen LogP contribution is 2.23. The fourth-order valence-electron chi connectivity index (χ4n) is 2.67. The number of fused-ring (bicyclic) bond motifs is 1. The van der Waals surface area contributed by atoms with Crippen LogP contribution in [0.5, 0.6) is 0 Å². The van der Waals surface area contributed by atoms with Gasteiger partial charge in [-0.05, 0) is 26.0 Å². The van der Waals surface area contributed by atoms with Gasteiger partial charge in [0.15, 0.2) is 16.5 Å². The number of anilines is 2. The van der Waals surface area contributed by atoms with Crippen molar-refractivity contribution in [2.24, 2.45) is 0 Å². The summed E-state index contributed by atoms with van der Waals surface area (Å²) in [5, 5.41) is 27.9. The van der Waals surface area contributed by atoms with Crippen molar-refractivity contribution in [3.63, 3.8) is 0 Å². The molecule has 0 atom stereocenters. The molecule has 0 fully saturated rings. The topological polar surface area (TPSA) is 145 Å². The maximum absolute atomic E-state index is 12.5. The number of rotatable bonds is 6. The molecule has 0 saturated carbocycles. The Kier molecular flexibility index (Phi) is 5.34. The zero-order chi connectivity index (χ0) is 21.2. The smallest absolute Gasteiger partial charge is 0.305 e. The molecule has 0 aliphatic heterocycles. The van der Waals surface area contributed by atoms with Crippen LogP contribution < -0.4 is 10.6 Å². The molecule has 0 aliphatic carbocycles. The molecule has 3 aromatic rings. The Morgan fingerprint density at radius 2 is 2.14 bits per heavy atom. The summed E-state index contributed by atoms with van der Waals surface area (Å²) in [4.78, 5) is 31.8. The Hall–Kier alpha value is -3.71. The number of nitrogens with one attached hydrogen (secondary N) is 2. The summed E-state index contributed by atoms with van der Waals surface area (Å²) in [5.41, 5.74) is 0.188. The van der Waals surface area contributed by atoms with Crippen LogP contribution >= 0.6 is 11.6 Å². The van der Waals surface area contributed by atoms with Crippen molar-refractivity contribution in [2.75, 3.05) is 5.32 Å². The van der Waals surface area contributed by atoms with Crippen molar-refractivity contribution >= 4 is 40.6 Å². The lowest BCUT2D eigenvalue weighted by molar-refractivity contribution is -0.138. The predicted octanol–water partition coefficient (Wildman–Crippen LogP) is 2.38. The average molecular weight is 414 g/mol. The van der Waals surface area contributed by atoms with Gasteiger partial charge >= 0.3 is 5.97 Å². The number of carbonyl (C=O) groups excluding carboxylic acids is 1. The number of imidazole rings is 1. The molecule has 11 heteroatoms. The first kappa shape index (κ1) is 20.0. The molecule has 0 saturated heterocycles. The zero-order valence-corrected chi connectivity index (χ0v) is 16.2. The standard InChI is InChI=1S/C18H16ClN7O3/c1-18(2,7-15(27)28)24-17(29)11-4-3-5-14(22-11)23-12-6-13(19)25-26-10(8-20)9-21-16(12)26/h3-6,9H,7H2,1-2H3,(H,22,23)(H,24,29)(H,27,28). The molecule has 29 heavy (non-hydrogen) atoms. The molecule has 3 aromatic heterocycles. The van der Waals surface area contributed by atoms with E-state index in [1.165, 1.54) is 22.8 Å². The summed E-state index contributed by atoms with van der Waals surface area (Å²) in [5.74, 6) is -1.20. The molecule has 3 N–H and O–H groups in total. The monoisotopic (exact) mass is 413 g/mol. The summed E-state index contributed by atoms with van der Waals surface area (Å²) in [6, 6.07) is 8.26. The summed E-state index contributed by atoms with van der Waals surface area (Å²) >= 11 is 6.03. The number of hydrogen-bond donors (Lipinski definition) is 3. The maximum Gasteiger partial charge on any atom is 0.305 e. The lowest BCUT2D eigenvalue weighted by Crippen LogP contribution is -2.45. The minimum atomic E-state index is -1.02. The van der Waals surface area contributed by atoms with Crippen LogP contribution in [0.2, 0.25) is 5.15 Å². The summed E-state index contributed by atoms with van der Waals surface area (Å²) < 4.78 is 1.30. The van der Waals surface area contributed by atoms with Crippen molar-refractivity contribution in [3.8, 4) is 6.07 Å². The Balaban J connectivity index is 1.87. The largest absolute Gasteiger partial charge is 0.481 e. The molecule has 0 bridgehead atoms. The van der Waals surface area contributed by atoms with Crippen LogP contribution in [0.15, 0.2) is 30.5 Å². The first-order valence-electron chi connectivity index (χ1n) is 8.41. The summed E-state index contributed by atoms with van der Waals surface area (Å²) in [6.07, 6.45) is 1.14. The number of halogens is 1. The molecule has 148 valence electrons. The summed E-state index contributed by atoms with van der Waals surface area (Å²) in [7, 11) is 0. The van der Waals surface area contributed by atoms with Crippen molar-refractivity contribution in [3.05, 3.63) is 47.0 Å². The van der Waals surface area contributed by atoms with Gasteiger partial charge in [-0.1, -0.05) is 17.7 Å². The molecule has 0 radical (unpaired) electrons. The maximum atomic E-state index is 12.5. The summed E-state index contributed by atoms with van der Waals surface area (Å²) in [6.45, 7) is 3.23. The highest BCUT2D eigenvalue weighted by molar-refractivity contribution is 6.29. The quantitative estimate of drug-likeness (QED) is 0.558. The van der Waals surface area contributed by atoms with Crippen LogP contribution in [0.25, 0.3) is 5.65 Å². The van der Waals surface area contributed by atoms with Gasteiger partial charge in [0, 0.05) is 11.6 Å². The van der Waals surface area contributed by atoms with E-state index in [0.29, 0.717) is 17.2 Å². The van der Waals surface area contributed by atoms with Crippen LogP contribution in [0, 0.1) is 11.3 Å². The number of nitrogens with zero attached hydrogens (tertiary/aromatic N) is 5. The Bertz CT molecular complexity index is 1150. The highest BCUT2D eigenvalue weighted by Gasteiger charge is 2.25. The lowest BCUT2D eigenvalue weighted by atomic mass is 10.0. The number of carboxylic acid groups (broad SMARTS) is 1. The number of aliphatic carboxylic acids is 1. The highest BCUT2D eigenvalue weighted by atomic mass is 35.5. The minimum absolute atomic E-state index is 0.102. The molecule has 0 spiro atoms. The predicted molar refractivity (Wildman–Crippen MR) is 104 cm³/mol. The molecular formula is C18H16ClN7O3. The van der Waals surface area contributed by atoms with Crippen molar-refractivity contribution < 1.29 is 14.7 Å². The van der Waals surface area contributed by atoms with E-state index < -0.39 is 17.4 Å². The van der Waals surface area contributed by atoms with Crippen molar-refractivity contribution in [2.45, 2.75) is 25.8 Å². The first-order chi connectivity index (χ1) is 13.7. The van der Waals surface area contributed by atoms with Crippen LogP contribution in [-0.2, 0) is 4.79 Å². The van der Waals surface area contributed by atoms with E-state index in [-0.39, 0.29) is 23.0 Å². The lowest BCUT2D eigenvalue weighted by Gasteiger charge is -2.24. The van der Waals surface area contributed by atoms with Gasteiger partial charge in [0.05, 0.1) is 18.3 Å². The van der Waals surface area contributed by atoms with E-state index in [0.717, 1.165) is 0 Å². The van der Waals surface area contributed by atoms with Crippen LogP contribution in [0.4, 0.5) is 11.5 Å². The van der Waals surface area contributed by atoms with Gasteiger partial charge in [-0.2, -0.15) is 14.9 Å². The van der Waals surface area contributed by atoms with Gasteiger partial charge in [0.2, 0.25) is 0 Å². The second-order valence-electron chi connectivity index (χ2n) is 6.81. The first-order valence-corrected chi connectivity index (χ1v) is 8.79. The second kappa shape index (κ2) is 7.73. The van der Waals surface area contributed by atoms with Gasteiger partial charge < -0.3 is 15.7 Å². The van der Waals surface area contributed by atoms with E-state index >= 15 is 0 Å². The molecular weight excluding hydrogens is 398 g/mol. The number of pyridine rings is 1. The molecule has 0 aromatic carbocycles. The Labute approximate surface area is 170 Å². The normalized spacial score (nSPS) is 11.1. The number of aromatic nitrogens is 4. The number of amides is 1. The van der Waals surface area contributed by atoms with E-state index in [1.54, 1.807) is 26.0 Å². The number of carbonyl (C=O) groups is 2. The number of carboxylic acids is 1. The van der Waals surface area contributed by atoms with Crippen molar-refractivity contribution in [1.82, 2.24) is 24.9 Å². The van der Waals surface area contributed by atoms with E-state index in [9.17, 15) is 9.59 Å². The fourth-order valence-corrected chi connectivity index (χ4v) is 2.85. The number of nitriles is 1. The molecule has 0 aliphatic rings. The zero-order valence-electron chi connectivity index (χ0n) is 15.5. The SMILES string of the molecule is CC(C)(CC(=O)O)NC(=O)c1cccc(Nc2cc(Cl)nn3c(C#N)cnc23)n1. The molecule has 0 unspecified atom stereocenters. The van der Waals surface area contributed by atoms with Crippen LogP contribution in [-0.4, -0.2) is 42.1 Å². The second-order valence-corrected chi connectivity index (χ2v) is 7.20. The third kappa shape index (κ3) is 4.59. The van der Waals surface area contributed by atoms with Gasteiger partial charge in [0.25, 0.3) is 5.91 Å². The molecule has 3 rings (SSSR count). The van der Waals surface area contributed by atoms with E-state index in [4.69, 9.17) is 22.0 Å². The Morgan fingerprint density at radius 3 is 2.83 bits per heavy atom.